The molecule has 27 heavy (non-hydrogen) atoms. The van der Waals surface area contributed by atoms with Gasteiger partial charge in [-0.2, -0.15) is 0 Å². The van der Waals surface area contributed by atoms with Crippen LogP contribution in [0.25, 0.3) is 0 Å². The number of anilines is 1. The van der Waals surface area contributed by atoms with Gasteiger partial charge in [-0.05, 0) is 69.1 Å². The fourth-order valence-electron chi connectivity index (χ4n) is 5.18. The highest BCUT2D eigenvalue weighted by Gasteiger charge is 2.46. The normalized spacial score (nSPS) is 22.7. The van der Waals surface area contributed by atoms with Crippen molar-refractivity contribution in [2.45, 2.75) is 63.3 Å². The van der Waals surface area contributed by atoms with E-state index in [0.717, 1.165) is 63.3 Å². The number of rotatable bonds is 3. The second-order valence-electron chi connectivity index (χ2n) is 8.47. The van der Waals surface area contributed by atoms with Gasteiger partial charge in [0.15, 0.2) is 0 Å². The second kappa shape index (κ2) is 7.70. The third kappa shape index (κ3) is 3.54. The number of amides is 2. The highest BCUT2D eigenvalue weighted by molar-refractivity contribution is 5.95. The molecule has 1 aromatic rings. The first-order valence-electron chi connectivity index (χ1n) is 10.6. The Kier molecular flexibility index (Phi) is 5.31. The predicted molar refractivity (Wildman–Crippen MR) is 109 cm³/mol. The van der Waals surface area contributed by atoms with E-state index in [1.165, 1.54) is 24.8 Å². The molecule has 1 aliphatic carbocycles. The molecule has 148 valence electrons. The minimum Gasteiger partial charge on any atom is -0.497 e. The molecule has 0 aromatic heterocycles. The Balaban J connectivity index is 1.58. The van der Waals surface area contributed by atoms with E-state index in [4.69, 9.17) is 4.74 Å². The standard InChI is InChI=1S/C22H33N3O2/c1-3-24-13-11-22(12-14-24)16-25(20-10-9-18(27-2)15-19(20)22)21(26)23-17-7-5-4-6-8-17/h9-10,15,17H,3-8,11-14,16H2,1-2H3,(H,23,26). The molecule has 2 amide bonds. The number of hydrogen-bond donors (Lipinski definition) is 1. The van der Waals surface area contributed by atoms with Crippen LogP contribution in [0.2, 0.25) is 0 Å². The summed E-state index contributed by atoms with van der Waals surface area (Å²) in [6, 6.07) is 6.66. The van der Waals surface area contributed by atoms with Crippen molar-refractivity contribution >= 4 is 11.7 Å². The second-order valence-corrected chi connectivity index (χ2v) is 8.47. The Morgan fingerprint density at radius 2 is 1.96 bits per heavy atom. The lowest BCUT2D eigenvalue weighted by molar-refractivity contribution is 0.172. The molecule has 0 unspecified atom stereocenters. The highest BCUT2D eigenvalue weighted by Crippen LogP contribution is 2.48. The van der Waals surface area contributed by atoms with Crippen LogP contribution in [0.1, 0.15) is 57.4 Å². The summed E-state index contributed by atoms with van der Waals surface area (Å²) in [5.41, 5.74) is 2.45. The summed E-state index contributed by atoms with van der Waals surface area (Å²) in [6.45, 7) is 6.34. The number of methoxy groups -OCH3 is 1. The molecular formula is C22H33N3O2. The van der Waals surface area contributed by atoms with Crippen LogP contribution in [0, 0.1) is 0 Å². The van der Waals surface area contributed by atoms with Crippen molar-refractivity contribution in [3.05, 3.63) is 23.8 Å². The summed E-state index contributed by atoms with van der Waals surface area (Å²) >= 11 is 0. The van der Waals surface area contributed by atoms with E-state index in [9.17, 15) is 4.79 Å². The summed E-state index contributed by atoms with van der Waals surface area (Å²) in [6.07, 6.45) is 8.21. The van der Waals surface area contributed by atoms with Crippen LogP contribution >= 0.6 is 0 Å². The monoisotopic (exact) mass is 371 g/mol. The number of benzene rings is 1. The molecule has 1 saturated heterocycles. The summed E-state index contributed by atoms with van der Waals surface area (Å²) < 4.78 is 5.50. The van der Waals surface area contributed by atoms with E-state index < -0.39 is 0 Å². The van der Waals surface area contributed by atoms with Gasteiger partial charge >= 0.3 is 6.03 Å². The van der Waals surface area contributed by atoms with Crippen molar-refractivity contribution in [3.8, 4) is 5.75 Å². The van der Waals surface area contributed by atoms with Gasteiger partial charge in [0.2, 0.25) is 0 Å². The number of piperidine rings is 1. The predicted octanol–water partition coefficient (Wildman–Crippen LogP) is 3.91. The highest BCUT2D eigenvalue weighted by atomic mass is 16.5. The van der Waals surface area contributed by atoms with Crippen molar-refractivity contribution in [2.75, 3.05) is 38.2 Å². The first-order valence-corrected chi connectivity index (χ1v) is 10.6. The maximum Gasteiger partial charge on any atom is 0.322 e. The number of fused-ring (bicyclic) bond motifs is 2. The smallest absolute Gasteiger partial charge is 0.322 e. The maximum atomic E-state index is 13.2. The van der Waals surface area contributed by atoms with E-state index in [0.29, 0.717) is 6.04 Å². The number of hydrogen-bond acceptors (Lipinski definition) is 3. The van der Waals surface area contributed by atoms with E-state index in [2.05, 4.69) is 29.3 Å². The van der Waals surface area contributed by atoms with Gasteiger partial charge < -0.3 is 15.0 Å². The molecule has 5 nitrogen and oxygen atoms in total. The first-order chi connectivity index (χ1) is 13.1. The Labute approximate surface area is 163 Å². The van der Waals surface area contributed by atoms with Crippen molar-refractivity contribution in [3.63, 3.8) is 0 Å². The van der Waals surface area contributed by atoms with Crippen LogP contribution in [0.4, 0.5) is 10.5 Å². The Bertz CT molecular complexity index is 676. The lowest BCUT2D eigenvalue weighted by atomic mass is 9.74. The van der Waals surface area contributed by atoms with E-state index in [-0.39, 0.29) is 11.4 Å². The number of urea groups is 1. The summed E-state index contributed by atoms with van der Waals surface area (Å²) in [4.78, 5) is 17.7. The van der Waals surface area contributed by atoms with Gasteiger partial charge in [-0.25, -0.2) is 4.79 Å². The molecule has 0 bridgehead atoms. The van der Waals surface area contributed by atoms with Crippen molar-refractivity contribution in [1.29, 1.82) is 0 Å². The van der Waals surface area contributed by atoms with Crippen LogP contribution in [0.15, 0.2) is 18.2 Å². The zero-order valence-corrected chi connectivity index (χ0v) is 16.8. The fraction of sp³-hybridized carbons (Fsp3) is 0.682. The van der Waals surface area contributed by atoms with E-state index >= 15 is 0 Å². The maximum absolute atomic E-state index is 13.2. The van der Waals surface area contributed by atoms with Gasteiger partial charge in [-0.1, -0.05) is 26.2 Å². The molecule has 5 heteroatoms. The molecule has 2 heterocycles. The molecule has 0 atom stereocenters. The minimum absolute atomic E-state index is 0.0689. The largest absolute Gasteiger partial charge is 0.497 e. The van der Waals surface area contributed by atoms with Gasteiger partial charge in [0.05, 0.1) is 7.11 Å². The average Bonchev–Trinajstić information content (AvgIpc) is 3.03. The third-order valence-corrected chi connectivity index (χ3v) is 6.96. The molecule has 3 aliphatic rings. The van der Waals surface area contributed by atoms with E-state index in [1.54, 1.807) is 7.11 Å². The molecule has 1 aromatic carbocycles. The quantitative estimate of drug-likeness (QED) is 0.876. The number of ether oxygens (including phenoxy) is 1. The topological polar surface area (TPSA) is 44.8 Å². The van der Waals surface area contributed by atoms with Crippen LogP contribution in [0.5, 0.6) is 5.75 Å². The number of carbonyl (C=O) groups excluding carboxylic acids is 1. The zero-order valence-electron chi connectivity index (χ0n) is 16.8. The van der Waals surface area contributed by atoms with Crippen LogP contribution in [-0.4, -0.2) is 50.3 Å². The SMILES string of the molecule is CCN1CCC2(CC1)CN(C(=O)NC1CCCCC1)c1ccc(OC)cc12. The molecule has 1 spiro atoms. The Morgan fingerprint density at radius 3 is 2.63 bits per heavy atom. The lowest BCUT2D eigenvalue weighted by Gasteiger charge is -2.39. The molecular weight excluding hydrogens is 338 g/mol. The number of nitrogens with zero attached hydrogens (tertiary/aromatic N) is 2. The Hall–Kier alpha value is -1.75. The molecule has 2 fully saturated rings. The van der Waals surface area contributed by atoms with Crippen LogP contribution in [0.3, 0.4) is 0 Å². The van der Waals surface area contributed by atoms with Gasteiger partial charge in [-0.15, -0.1) is 0 Å². The number of likely N-dealkylation sites (tertiary alicyclic amines) is 1. The van der Waals surface area contributed by atoms with Gasteiger partial charge in [-0.3, -0.25) is 4.90 Å². The van der Waals surface area contributed by atoms with Crippen molar-refractivity contribution in [1.82, 2.24) is 10.2 Å². The number of nitrogens with one attached hydrogen (secondary N) is 1. The van der Waals surface area contributed by atoms with Crippen LogP contribution < -0.4 is 15.0 Å². The number of carbonyl (C=O) groups is 1. The summed E-state index contributed by atoms with van der Waals surface area (Å²) in [7, 11) is 1.72. The van der Waals surface area contributed by atoms with Gasteiger partial charge in [0, 0.05) is 23.7 Å². The Morgan fingerprint density at radius 1 is 1.22 bits per heavy atom. The molecule has 4 rings (SSSR count). The van der Waals surface area contributed by atoms with Crippen molar-refractivity contribution < 1.29 is 9.53 Å². The van der Waals surface area contributed by atoms with E-state index in [1.807, 2.05) is 11.0 Å². The minimum atomic E-state index is 0.0689. The lowest BCUT2D eigenvalue weighted by Crippen LogP contribution is -2.49. The fourth-order valence-corrected chi connectivity index (χ4v) is 5.18. The summed E-state index contributed by atoms with van der Waals surface area (Å²) in [5, 5.41) is 3.32. The summed E-state index contributed by atoms with van der Waals surface area (Å²) in [5.74, 6) is 0.889. The zero-order chi connectivity index (χ0) is 18.9. The third-order valence-electron chi connectivity index (χ3n) is 6.96. The van der Waals surface area contributed by atoms with Gasteiger partial charge in [0.1, 0.15) is 5.75 Å². The molecule has 1 saturated carbocycles. The molecule has 2 aliphatic heterocycles. The van der Waals surface area contributed by atoms with Gasteiger partial charge in [0.25, 0.3) is 0 Å². The molecule has 1 N–H and O–H groups in total. The van der Waals surface area contributed by atoms with Crippen LogP contribution in [-0.2, 0) is 5.41 Å². The average molecular weight is 372 g/mol. The first kappa shape index (κ1) is 18.6. The molecule has 0 radical (unpaired) electrons. The van der Waals surface area contributed by atoms with Crippen molar-refractivity contribution in [2.24, 2.45) is 0 Å².